The van der Waals surface area contributed by atoms with E-state index in [0.29, 0.717) is 12.1 Å². The quantitative estimate of drug-likeness (QED) is 0.616. The van der Waals surface area contributed by atoms with Crippen LogP contribution in [-0.4, -0.2) is 36.7 Å². The molecule has 0 aliphatic carbocycles. The highest BCUT2D eigenvalue weighted by molar-refractivity contribution is 5.75. The number of nitrogens with zero attached hydrogens (tertiary/aromatic N) is 1. The van der Waals surface area contributed by atoms with Crippen molar-refractivity contribution in [2.45, 2.75) is 13.3 Å². The highest BCUT2D eigenvalue weighted by atomic mass is 19.2. The molecule has 0 amide bonds. The van der Waals surface area contributed by atoms with Gasteiger partial charge < -0.3 is 14.7 Å². The third-order valence-electron chi connectivity index (χ3n) is 2.55. The Hall–Kier alpha value is -2.25. The second kappa shape index (κ2) is 7.51. The van der Waals surface area contributed by atoms with Crippen LogP contribution in [0.3, 0.4) is 0 Å². The van der Waals surface area contributed by atoms with Crippen molar-refractivity contribution in [1.29, 1.82) is 0 Å². The van der Waals surface area contributed by atoms with Crippen LogP contribution in [0.2, 0.25) is 0 Å². The van der Waals surface area contributed by atoms with E-state index in [4.69, 9.17) is 5.11 Å². The number of carbonyl (C=O) groups is 2. The summed E-state index contributed by atoms with van der Waals surface area (Å²) in [4.78, 5) is 22.9. The molecule has 0 radical (unpaired) electrons. The molecule has 116 valence electrons. The molecule has 0 aliphatic heterocycles. The molecule has 0 heterocycles. The molecule has 8 heteroatoms. The lowest BCUT2D eigenvalue weighted by Crippen LogP contribution is -2.33. The van der Waals surface area contributed by atoms with Gasteiger partial charge in [-0.1, -0.05) is 0 Å². The molecule has 5 nitrogen and oxygen atoms in total. The first-order valence-electron chi connectivity index (χ1n) is 6.12. The predicted octanol–water partition coefficient (Wildman–Crippen LogP) is 1.95. The zero-order valence-corrected chi connectivity index (χ0v) is 11.2. The Bertz CT molecular complexity index is 536. The second-order valence-electron chi connectivity index (χ2n) is 4.09. The van der Waals surface area contributed by atoms with E-state index in [1.807, 2.05) is 0 Å². The van der Waals surface area contributed by atoms with E-state index in [-0.39, 0.29) is 19.6 Å². The molecule has 0 saturated heterocycles. The number of carboxylic acids is 1. The molecular formula is C13H14F3NO4. The molecule has 0 saturated carbocycles. The third-order valence-corrected chi connectivity index (χ3v) is 2.55. The van der Waals surface area contributed by atoms with Crippen LogP contribution < -0.4 is 4.90 Å². The maximum atomic E-state index is 13.6. The van der Waals surface area contributed by atoms with E-state index >= 15 is 0 Å². The zero-order valence-electron chi connectivity index (χ0n) is 11.2. The average Bonchev–Trinajstić information content (AvgIpc) is 2.39. The maximum absolute atomic E-state index is 13.6. The number of hydrogen-bond donors (Lipinski definition) is 1. The van der Waals surface area contributed by atoms with Crippen LogP contribution >= 0.6 is 0 Å². The molecule has 1 aromatic carbocycles. The van der Waals surface area contributed by atoms with Crippen LogP contribution in [0.25, 0.3) is 0 Å². The fourth-order valence-electron chi connectivity index (χ4n) is 1.66. The van der Waals surface area contributed by atoms with Gasteiger partial charge in [0.05, 0.1) is 18.7 Å². The standard InChI is InChI=1S/C13H14F3NO4/c1-2-21-13(20)3-4-17(7-12(18)19)11-6-9(15)8(14)5-10(11)16/h5-6H,2-4,7H2,1H3,(H,18,19). The lowest BCUT2D eigenvalue weighted by molar-refractivity contribution is -0.143. The Kier molecular flexibility index (Phi) is 6.01. The number of aliphatic carboxylic acids is 1. The van der Waals surface area contributed by atoms with Crippen molar-refractivity contribution in [2.75, 3.05) is 24.6 Å². The summed E-state index contributed by atoms with van der Waals surface area (Å²) in [6.45, 7) is 0.883. The minimum absolute atomic E-state index is 0.150. The first-order valence-corrected chi connectivity index (χ1v) is 6.12. The highest BCUT2D eigenvalue weighted by Gasteiger charge is 2.19. The smallest absolute Gasteiger partial charge is 0.323 e. The van der Waals surface area contributed by atoms with Gasteiger partial charge in [-0.2, -0.15) is 0 Å². The number of carboxylic acid groups (broad SMARTS) is 1. The van der Waals surface area contributed by atoms with E-state index in [1.54, 1.807) is 6.92 Å². The Morgan fingerprint density at radius 1 is 1.19 bits per heavy atom. The lowest BCUT2D eigenvalue weighted by atomic mass is 10.2. The van der Waals surface area contributed by atoms with E-state index in [1.165, 1.54) is 0 Å². The first kappa shape index (κ1) is 16.8. The predicted molar refractivity (Wildman–Crippen MR) is 67.4 cm³/mol. The van der Waals surface area contributed by atoms with Crippen molar-refractivity contribution in [3.05, 3.63) is 29.6 Å². The summed E-state index contributed by atoms with van der Waals surface area (Å²) in [6, 6.07) is 0.878. The fourth-order valence-corrected chi connectivity index (χ4v) is 1.66. The average molecular weight is 305 g/mol. The number of benzene rings is 1. The minimum Gasteiger partial charge on any atom is -0.480 e. The number of anilines is 1. The second-order valence-corrected chi connectivity index (χ2v) is 4.09. The topological polar surface area (TPSA) is 66.8 Å². The lowest BCUT2D eigenvalue weighted by Gasteiger charge is -2.23. The number of halogens is 3. The van der Waals surface area contributed by atoms with Crippen molar-refractivity contribution in [1.82, 2.24) is 0 Å². The van der Waals surface area contributed by atoms with Crippen LogP contribution in [0.5, 0.6) is 0 Å². The Labute approximate surface area is 118 Å². The van der Waals surface area contributed by atoms with E-state index in [0.717, 1.165) is 4.90 Å². The van der Waals surface area contributed by atoms with Crippen LogP contribution in [0.4, 0.5) is 18.9 Å². The van der Waals surface area contributed by atoms with Crippen molar-refractivity contribution in [3.8, 4) is 0 Å². The van der Waals surface area contributed by atoms with Gasteiger partial charge in [-0.05, 0) is 6.92 Å². The van der Waals surface area contributed by atoms with Gasteiger partial charge in [0.15, 0.2) is 11.6 Å². The van der Waals surface area contributed by atoms with E-state index < -0.39 is 41.6 Å². The van der Waals surface area contributed by atoms with E-state index in [2.05, 4.69) is 4.74 Å². The monoisotopic (exact) mass is 305 g/mol. The Morgan fingerprint density at radius 3 is 2.38 bits per heavy atom. The van der Waals surface area contributed by atoms with Gasteiger partial charge in [0, 0.05) is 18.7 Å². The van der Waals surface area contributed by atoms with Gasteiger partial charge in [0.25, 0.3) is 0 Å². The molecule has 1 N–H and O–H groups in total. The molecule has 0 aromatic heterocycles. The zero-order chi connectivity index (χ0) is 16.0. The number of hydrogen-bond acceptors (Lipinski definition) is 4. The van der Waals surface area contributed by atoms with Crippen molar-refractivity contribution >= 4 is 17.6 Å². The number of esters is 1. The summed E-state index contributed by atoms with van der Waals surface area (Å²) in [5, 5.41) is 8.78. The van der Waals surface area contributed by atoms with Crippen LogP contribution in [0.15, 0.2) is 12.1 Å². The first-order chi connectivity index (χ1) is 9.85. The van der Waals surface area contributed by atoms with Crippen LogP contribution in [0, 0.1) is 17.5 Å². The van der Waals surface area contributed by atoms with Gasteiger partial charge >= 0.3 is 11.9 Å². The Balaban J connectivity index is 2.94. The summed E-state index contributed by atoms with van der Waals surface area (Å²) in [5.41, 5.74) is -0.430. The molecule has 0 atom stereocenters. The normalized spacial score (nSPS) is 10.3. The van der Waals surface area contributed by atoms with Crippen molar-refractivity contribution in [2.24, 2.45) is 0 Å². The van der Waals surface area contributed by atoms with Gasteiger partial charge in [-0.3, -0.25) is 9.59 Å². The molecule has 1 rings (SSSR count). The van der Waals surface area contributed by atoms with Crippen LogP contribution in [-0.2, 0) is 14.3 Å². The highest BCUT2D eigenvalue weighted by Crippen LogP contribution is 2.22. The number of rotatable bonds is 7. The summed E-state index contributed by atoms with van der Waals surface area (Å²) in [6.07, 6.45) is -0.209. The molecule has 0 aliphatic rings. The van der Waals surface area contributed by atoms with Gasteiger partial charge in [0.2, 0.25) is 0 Å². The summed E-state index contributed by atoms with van der Waals surface area (Å²) < 4.78 is 44.4. The molecule has 0 fully saturated rings. The van der Waals surface area contributed by atoms with Gasteiger partial charge in [0.1, 0.15) is 12.4 Å². The number of ether oxygens (including phenoxy) is 1. The molecule has 21 heavy (non-hydrogen) atoms. The van der Waals surface area contributed by atoms with Crippen LogP contribution in [0.1, 0.15) is 13.3 Å². The van der Waals surface area contributed by atoms with Gasteiger partial charge in [-0.25, -0.2) is 13.2 Å². The van der Waals surface area contributed by atoms with Crippen molar-refractivity contribution in [3.63, 3.8) is 0 Å². The molecular weight excluding hydrogens is 291 g/mol. The largest absolute Gasteiger partial charge is 0.480 e. The number of carbonyl (C=O) groups excluding carboxylic acids is 1. The minimum atomic E-state index is -1.38. The maximum Gasteiger partial charge on any atom is 0.323 e. The summed E-state index contributed by atoms with van der Waals surface area (Å²) >= 11 is 0. The molecule has 0 bridgehead atoms. The SMILES string of the molecule is CCOC(=O)CCN(CC(=O)O)c1cc(F)c(F)cc1F. The summed E-state index contributed by atoms with van der Waals surface area (Å²) in [5.74, 6) is -5.70. The van der Waals surface area contributed by atoms with Crippen molar-refractivity contribution < 1.29 is 32.6 Å². The summed E-state index contributed by atoms with van der Waals surface area (Å²) in [7, 11) is 0. The van der Waals surface area contributed by atoms with Gasteiger partial charge in [-0.15, -0.1) is 0 Å². The third kappa shape index (κ3) is 4.97. The molecule has 0 unspecified atom stereocenters. The molecule has 1 aromatic rings. The Morgan fingerprint density at radius 2 is 1.81 bits per heavy atom. The fraction of sp³-hybridized carbons (Fsp3) is 0.385. The molecule has 0 spiro atoms. The van der Waals surface area contributed by atoms with E-state index in [9.17, 15) is 22.8 Å².